The molecule has 0 unspecified atom stereocenters. The van der Waals surface area contributed by atoms with Crippen molar-refractivity contribution in [2.45, 2.75) is 117 Å². The molecule has 0 aromatic heterocycles. The van der Waals surface area contributed by atoms with Gasteiger partial charge in [-0.1, -0.05) is 98.9 Å². The second-order valence-electron chi connectivity index (χ2n) is 7.46. The first-order valence-electron chi connectivity index (χ1n) is 8.48. The zero-order chi connectivity index (χ0) is 16.6. The van der Waals surface area contributed by atoms with E-state index < -0.39 is 0 Å². The molecule has 0 radical (unpaired) electrons. The predicted octanol–water partition coefficient (Wildman–Crippen LogP) is 1.39. The molecule has 0 fully saturated rings. The maximum Gasteiger partial charge on any atom is 2.00 e. The summed E-state index contributed by atoms with van der Waals surface area (Å²) >= 11 is 0. The molecule has 5 heteroatoms. The van der Waals surface area contributed by atoms with Gasteiger partial charge in [-0.2, -0.15) is 0 Å². The van der Waals surface area contributed by atoms with E-state index in [2.05, 4.69) is 83.1 Å². The van der Waals surface area contributed by atoms with Gasteiger partial charge in [-0.15, -0.1) is 0 Å². The van der Waals surface area contributed by atoms with Crippen LogP contribution in [0.15, 0.2) is 0 Å². The van der Waals surface area contributed by atoms with E-state index in [-0.39, 0.29) is 70.2 Å². The SMILES string of the molecule is CC(C)P(C(C)C)C(C)C.CC(C)P(C(C)C)C(C)C.[Br-].[Br-].[Pd+2]. The van der Waals surface area contributed by atoms with Gasteiger partial charge in [-0.25, -0.2) is 0 Å². The van der Waals surface area contributed by atoms with E-state index in [0.29, 0.717) is 0 Å². The van der Waals surface area contributed by atoms with Crippen LogP contribution in [-0.4, -0.2) is 34.0 Å². The Bertz CT molecular complexity index is 171. The third kappa shape index (κ3) is 17.6. The molecule has 23 heavy (non-hydrogen) atoms. The van der Waals surface area contributed by atoms with Crippen molar-refractivity contribution in [1.82, 2.24) is 0 Å². The summed E-state index contributed by atoms with van der Waals surface area (Å²) in [5.74, 6) is 0. The van der Waals surface area contributed by atoms with Crippen molar-refractivity contribution in [3.8, 4) is 0 Å². The van der Waals surface area contributed by atoms with Crippen molar-refractivity contribution in [3.63, 3.8) is 0 Å². The van der Waals surface area contributed by atoms with Crippen molar-refractivity contribution in [2.24, 2.45) is 0 Å². The summed E-state index contributed by atoms with van der Waals surface area (Å²) in [6.07, 6.45) is 0. The summed E-state index contributed by atoms with van der Waals surface area (Å²) < 4.78 is 0. The standard InChI is InChI=1S/2C9H21P.2BrH.Pd/c2*1-7(2)10(8(3)4)9(5)6;;;/h2*7-9H,1-6H3;2*1H;/q;;;;+2/p-2. The van der Waals surface area contributed by atoms with E-state index in [9.17, 15) is 0 Å². The zero-order valence-electron chi connectivity index (χ0n) is 17.4. The van der Waals surface area contributed by atoms with Gasteiger partial charge in [0.05, 0.1) is 0 Å². The van der Waals surface area contributed by atoms with Crippen molar-refractivity contribution in [1.29, 1.82) is 0 Å². The van der Waals surface area contributed by atoms with Gasteiger partial charge < -0.3 is 34.0 Å². The van der Waals surface area contributed by atoms with E-state index in [1.807, 2.05) is 0 Å². The fourth-order valence-corrected chi connectivity index (χ4v) is 10.7. The molecule has 0 aromatic rings. The number of halogens is 2. The van der Waals surface area contributed by atoms with Crippen LogP contribution in [0.1, 0.15) is 83.1 Å². The summed E-state index contributed by atoms with van der Waals surface area (Å²) in [6.45, 7) is 28.2. The molecule has 0 bridgehead atoms. The average Bonchev–Trinajstić information content (AvgIpc) is 2.12. The predicted molar refractivity (Wildman–Crippen MR) is 105 cm³/mol. The Labute approximate surface area is 186 Å². The van der Waals surface area contributed by atoms with E-state index in [1.165, 1.54) is 0 Å². The number of rotatable bonds is 6. The molecular formula is C18H42Br2P2Pd. The molecule has 148 valence electrons. The first-order valence-corrected chi connectivity index (χ1v) is 11.6. The third-order valence-corrected chi connectivity index (χ3v) is 10.7. The molecule has 0 aliphatic rings. The Balaban J connectivity index is -0.0000000831. The quantitative estimate of drug-likeness (QED) is 0.326. The summed E-state index contributed by atoms with van der Waals surface area (Å²) in [7, 11) is 0.525. The minimum absolute atomic E-state index is 0. The molecule has 0 saturated heterocycles. The first kappa shape index (κ1) is 36.4. The van der Waals surface area contributed by atoms with Crippen LogP contribution < -0.4 is 34.0 Å². The molecule has 0 rings (SSSR count). The Kier molecular flexibility index (Phi) is 30.5. The topological polar surface area (TPSA) is 0 Å². The summed E-state index contributed by atoms with van der Waals surface area (Å²) in [5.41, 5.74) is 5.39. The number of hydrogen-bond donors (Lipinski definition) is 0. The molecule has 0 aliphatic carbocycles. The van der Waals surface area contributed by atoms with Crippen molar-refractivity contribution in [3.05, 3.63) is 0 Å². The third-order valence-electron chi connectivity index (χ3n) is 3.58. The molecule has 0 aromatic carbocycles. The van der Waals surface area contributed by atoms with Gasteiger partial charge in [0, 0.05) is 0 Å². The molecule has 0 nitrogen and oxygen atoms in total. The van der Waals surface area contributed by atoms with Gasteiger partial charge in [0.15, 0.2) is 0 Å². The monoisotopic (exact) mass is 584 g/mol. The summed E-state index contributed by atoms with van der Waals surface area (Å²) in [5, 5.41) is 0. The zero-order valence-corrected chi connectivity index (χ0v) is 23.9. The minimum Gasteiger partial charge on any atom is -1.00 e. The molecular weight excluding hydrogens is 544 g/mol. The largest absolute Gasteiger partial charge is 2.00 e. The average molecular weight is 587 g/mol. The van der Waals surface area contributed by atoms with E-state index >= 15 is 0 Å². The van der Waals surface area contributed by atoms with Gasteiger partial charge >= 0.3 is 20.4 Å². The normalized spacial score (nSPS) is 11.0. The van der Waals surface area contributed by atoms with Crippen LogP contribution in [0.5, 0.6) is 0 Å². The van der Waals surface area contributed by atoms with Gasteiger partial charge in [-0.05, 0) is 34.0 Å². The molecule has 0 aliphatic heterocycles. The maximum atomic E-state index is 2.35. The molecule has 0 amide bonds. The van der Waals surface area contributed by atoms with Crippen LogP contribution in [-0.2, 0) is 20.4 Å². The van der Waals surface area contributed by atoms with Gasteiger partial charge in [0.2, 0.25) is 0 Å². The number of hydrogen-bond acceptors (Lipinski definition) is 0. The maximum absolute atomic E-state index is 2.35. The van der Waals surface area contributed by atoms with Crippen molar-refractivity contribution >= 4 is 15.8 Å². The van der Waals surface area contributed by atoms with E-state index in [1.54, 1.807) is 0 Å². The molecule has 0 N–H and O–H groups in total. The fourth-order valence-electron chi connectivity index (χ4n) is 3.58. The van der Waals surface area contributed by atoms with Crippen LogP contribution in [0.25, 0.3) is 0 Å². The summed E-state index contributed by atoms with van der Waals surface area (Å²) in [4.78, 5) is 0. The fraction of sp³-hybridized carbons (Fsp3) is 1.00. The van der Waals surface area contributed by atoms with Crippen LogP contribution >= 0.6 is 15.8 Å². The minimum atomic E-state index is 0. The molecule has 0 atom stereocenters. The van der Waals surface area contributed by atoms with Gasteiger partial charge in [0.25, 0.3) is 0 Å². The van der Waals surface area contributed by atoms with Gasteiger partial charge in [0.1, 0.15) is 0 Å². The Morgan fingerprint density at radius 2 is 0.435 bits per heavy atom. The molecule has 0 saturated carbocycles. The second-order valence-corrected chi connectivity index (χ2v) is 15.4. The molecule has 0 spiro atoms. The van der Waals surface area contributed by atoms with Crippen molar-refractivity contribution in [2.75, 3.05) is 0 Å². The van der Waals surface area contributed by atoms with Crippen LogP contribution in [0.4, 0.5) is 0 Å². The second kappa shape index (κ2) is 19.2. The Hall–Kier alpha value is 2.48. The van der Waals surface area contributed by atoms with Crippen LogP contribution in [0, 0.1) is 0 Å². The van der Waals surface area contributed by atoms with E-state index in [0.717, 1.165) is 34.0 Å². The van der Waals surface area contributed by atoms with E-state index in [4.69, 9.17) is 0 Å². The van der Waals surface area contributed by atoms with Crippen LogP contribution in [0.2, 0.25) is 0 Å². The van der Waals surface area contributed by atoms with Crippen molar-refractivity contribution < 1.29 is 54.4 Å². The Morgan fingerprint density at radius 3 is 0.435 bits per heavy atom. The first-order chi connectivity index (χ1) is 8.93. The Morgan fingerprint density at radius 1 is 0.348 bits per heavy atom. The van der Waals surface area contributed by atoms with Crippen LogP contribution in [0.3, 0.4) is 0 Å². The molecule has 0 heterocycles. The van der Waals surface area contributed by atoms with Gasteiger partial charge in [-0.3, -0.25) is 0 Å². The summed E-state index contributed by atoms with van der Waals surface area (Å²) in [6, 6.07) is 0. The smallest absolute Gasteiger partial charge is 1.00 e.